The Balaban J connectivity index is 2.04. The minimum Gasteiger partial charge on any atom is -0.490 e. The number of para-hydroxylation sites is 1. The van der Waals surface area contributed by atoms with Crippen LogP contribution in [-0.2, 0) is 4.79 Å². The zero-order chi connectivity index (χ0) is 11.4. The lowest BCUT2D eigenvalue weighted by Crippen LogP contribution is -2.35. The van der Waals surface area contributed by atoms with E-state index in [1.165, 1.54) is 0 Å². The number of hydrogen-bond acceptors (Lipinski definition) is 2. The lowest BCUT2D eigenvalue weighted by Gasteiger charge is -2.29. The first-order chi connectivity index (χ1) is 7.77. The minimum atomic E-state index is -0.736. The highest BCUT2D eigenvalue weighted by molar-refractivity contribution is 5.70. The van der Waals surface area contributed by atoms with Gasteiger partial charge in [-0.3, -0.25) is 4.79 Å². The molecule has 1 aliphatic rings. The maximum absolute atomic E-state index is 11.1. The molecule has 1 aromatic rings. The van der Waals surface area contributed by atoms with Gasteiger partial charge >= 0.3 is 5.97 Å². The van der Waals surface area contributed by atoms with Crippen molar-refractivity contribution in [2.75, 3.05) is 0 Å². The summed E-state index contributed by atoms with van der Waals surface area (Å²) in [6.07, 6.45) is 3.44. The third-order valence-electron chi connectivity index (χ3n) is 3.05. The molecule has 3 nitrogen and oxygen atoms in total. The molecule has 2 unspecified atom stereocenters. The summed E-state index contributed by atoms with van der Waals surface area (Å²) in [6, 6.07) is 9.45. The van der Waals surface area contributed by atoms with Crippen LogP contribution in [0.3, 0.4) is 0 Å². The van der Waals surface area contributed by atoms with Gasteiger partial charge < -0.3 is 9.84 Å². The molecule has 0 amide bonds. The molecule has 1 aliphatic carbocycles. The molecule has 1 saturated carbocycles. The van der Waals surface area contributed by atoms with Crippen LogP contribution in [0, 0.1) is 5.92 Å². The number of aliphatic carboxylic acids is 1. The smallest absolute Gasteiger partial charge is 0.310 e. The predicted molar refractivity (Wildman–Crippen MR) is 60.5 cm³/mol. The van der Waals surface area contributed by atoms with Gasteiger partial charge in [0.1, 0.15) is 11.9 Å². The summed E-state index contributed by atoms with van der Waals surface area (Å²) < 4.78 is 5.75. The first kappa shape index (κ1) is 11.0. The van der Waals surface area contributed by atoms with Gasteiger partial charge in [-0.25, -0.2) is 0 Å². The number of ether oxygens (including phenoxy) is 1. The Bertz CT molecular complexity index is 347. The largest absolute Gasteiger partial charge is 0.490 e. The van der Waals surface area contributed by atoms with Crippen LogP contribution in [-0.4, -0.2) is 17.2 Å². The second-order valence-corrected chi connectivity index (χ2v) is 4.20. The molecule has 2 rings (SSSR count). The molecule has 86 valence electrons. The van der Waals surface area contributed by atoms with E-state index in [-0.39, 0.29) is 12.0 Å². The van der Waals surface area contributed by atoms with Gasteiger partial charge in [-0.15, -0.1) is 0 Å². The van der Waals surface area contributed by atoms with Crippen LogP contribution in [0.15, 0.2) is 30.3 Å². The summed E-state index contributed by atoms with van der Waals surface area (Å²) >= 11 is 0. The van der Waals surface area contributed by atoms with E-state index in [2.05, 4.69) is 0 Å². The van der Waals surface area contributed by atoms with E-state index in [0.717, 1.165) is 31.4 Å². The van der Waals surface area contributed by atoms with E-state index >= 15 is 0 Å². The van der Waals surface area contributed by atoms with Crippen LogP contribution in [0.2, 0.25) is 0 Å². The zero-order valence-corrected chi connectivity index (χ0v) is 9.13. The van der Waals surface area contributed by atoms with Crippen LogP contribution < -0.4 is 4.74 Å². The highest BCUT2D eigenvalue weighted by Crippen LogP contribution is 2.28. The van der Waals surface area contributed by atoms with Gasteiger partial charge in [0.2, 0.25) is 0 Å². The van der Waals surface area contributed by atoms with Crippen LogP contribution in [0.4, 0.5) is 0 Å². The lowest BCUT2D eigenvalue weighted by molar-refractivity contribution is -0.146. The third kappa shape index (κ3) is 2.54. The summed E-state index contributed by atoms with van der Waals surface area (Å²) in [4.78, 5) is 11.1. The zero-order valence-electron chi connectivity index (χ0n) is 9.13. The second-order valence-electron chi connectivity index (χ2n) is 4.20. The summed E-state index contributed by atoms with van der Waals surface area (Å²) in [7, 11) is 0. The minimum absolute atomic E-state index is 0.173. The number of hydrogen-bond donors (Lipinski definition) is 1. The average molecular weight is 220 g/mol. The monoisotopic (exact) mass is 220 g/mol. The number of rotatable bonds is 3. The molecule has 0 radical (unpaired) electrons. The van der Waals surface area contributed by atoms with E-state index in [1.54, 1.807) is 0 Å². The first-order valence-electron chi connectivity index (χ1n) is 5.72. The Morgan fingerprint density at radius 3 is 2.56 bits per heavy atom. The van der Waals surface area contributed by atoms with Crippen LogP contribution in [0.5, 0.6) is 5.75 Å². The topological polar surface area (TPSA) is 46.5 Å². The van der Waals surface area contributed by atoms with Crippen LogP contribution in [0.1, 0.15) is 25.7 Å². The average Bonchev–Trinajstić information content (AvgIpc) is 2.31. The molecule has 0 spiro atoms. The van der Waals surface area contributed by atoms with Gasteiger partial charge in [0.15, 0.2) is 0 Å². The highest BCUT2D eigenvalue weighted by Gasteiger charge is 2.32. The summed E-state index contributed by atoms with van der Waals surface area (Å²) in [6.45, 7) is 0. The molecule has 0 aliphatic heterocycles. The summed E-state index contributed by atoms with van der Waals surface area (Å²) in [5, 5.41) is 9.11. The maximum atomic E-state index is 11.1. The van der Waals surface area contributed by atoms with Gasteiger partial charge in [0.25, 0.3) is 0 Å². The van der Waals surface area contributed by atoms with E-state index < -0.39 is 5.97 Å². The molecule has 0 bridgehead atoms. The van der Waals surface area contributed by atoms with Crippen molar-refractivity contribution in [2.24, 2.45) is 5.92 Å². The SMILES string of the molecule is O=C(O)C1CCCCC1Oc1ccccc1. The van der Waals surface area contributed by atoms with Gasteiger partial charge in [0, 0.05) is 0 Å². The molecule has 1 fully saturated rings. The van der Waals surface area contributed by atoms with Gasteiger partial charge in [-0.1, -0.05) is 24.6 Å². The van der Waals surface area contributed by atoms with Crippen molar-refractivity contribution >= 4 is 5.97 Å². The maximum Gasteiger partial charge on any atom is 0.310 e. The molecule has 0 aromatic heterocycles. The van der Waals surface area contributed by atoms with Crippen molar-refractivity contribution in [3.05, 3.63) is 30.3 Å². The molecular formula is C13H16O3. The molecule has 1 aromatic carbocycles. The first-order valence-corrected chi connectivity index (χ1v) is 5.72. The molecule has 2 atom stereocenters. The summed E-state index contributed by atoms with van der Waals surface area (Å²) in [5.74, 6) is -0.324. The predicted octanol–water partition coefficient (Wildman–Crippen LogP) is 2.71. The van der Waals surface area contributed by atoms with Gasteiger partial charge in [-0.2, -0.15) is 0 Å². The Morgan fingerprint density at radius 2 is 1.88 bits per heavy atom. The lowest BCUT2D eigenvalue weighted by atomic mass is 9.86. The Hall–Kier alpha value is -1.51. The molecular weight excluding hydrogens is 204 g/mol. The standard InChI is InChI=1S/C13H16O3/c14-13(15)11-8-4-5-9-12(11)16-10-6-2-1-3-7-10/h1-3,6-7,11-12H,4-5,8-9H2,(H,14,15). The number of carboxylic acids is 1. The highest BCUT2D eigenvalue weighted by atomic mass is 16.5. The van der Waals surface area contributed by atoms with Crippen molar-refractivity contribution in [3.63, 3.8) is 0 Å². The number of carbonyl (C=O) groups is 1. The third-order valence-corrected chi connectivity index (χ3v) is 3.05. The summed E-state index contributed by atoms with van der Waals surface area (Å²) in [5.41, 5.74) is 0. The molecule has 1 N–H and O–H groups in total. The van der Waals surface area contributed by atoms with E-state index in [4.69, 9.17) is 9.84 Å². The molecule has 16 heavy (non-hydrogen) atoms. The quantitative estimate of drug-likeness (QED) is 0.851. The van der Waals surface area contributed by atoms with E-state index in [9.17, 15) is 4.79 Å². The molecule has 0 heterocycles. The number of benzene rings is 1. The van der Waals surface area contributed by atoms with Gasteiger partial charge in [-0.05, 0) is 31.4 Å². The van der Waals surface area contributed by atoms with Crippen molar-refractivity contribution in [3.8, 4) is 5.75 Å². The molecule has 3 heteroatoms. The van der Waals surface area contributed by atoms with Crippen LogP contribution >= 0.6 is 0 Å². The molecule has 0 saturated heterocycles. The number of carboxylic acid groups (broad SMARTS) is 1. The Morgan fingerprint density at radius 1 is 1.19 bits per heavy atom. The van der Waals surface area contributed by atoms with Crippen molar-refractivity contribution in [2.45, 2.75) is 31.8 Å². The van der Waals surface area contributed by atoms with Crippen molar-refractivity contribution < 1.29 is 14.6 Å². The van der Waals surface area contributed by atoms with Crippen molar-refractivity contribution in [1.82, 2.24) is 0 Å². The van der Waals surface area contributed by atoms with E-state index in [0.29, 0.717) is 0 Å². The van der Waals surface area contributed by atoms with Gasteiger partial charge in [0.05, 0.1) is 5.92 Å². The fourth-order valence-corrected chi connectivity index (χ4v) is 2.19. The fourth-order valence-electron chi connectivity index (χ4n) is 2.19. The second kappa shape index (κ2) is 5.01. The fraction of sp³-hybridized carbons (Fsp3) is 0.462. The Labute approximate surface area is 95.0 Å². The van der Waals surface area contributed by atoms with Crippen LogP contribution in [0.25, 0.3) is 0 Å². The van der Waals surface area contributed by atoms with Crippen molar-refractivity contribution in [1.29, 1.82) is 0 Å². The Kier molecular flexibility index (Phi) is 3.44. The normalized spacial score (nSPS) is 25.0. The van der Waals surface area contributed by atoms with E-state index in [1.807, 2.05) is 30.3 Å².